The quantitative estimate of drug-likeness (QED) is 0.789. The fourth-order valence-electron chi connectivity index (χ4n) is 2.14. The standard InChI is InChI=1S/C17H17FO3/c1-11-6-4-5-7-12(11)8-15(19)13-9-16(20-2)17(21-3)10-14(13)18/h4-7,9-10H,8H2,1-3H3. The summed E-state index contributed by atoms with van der Waals surface area (Å²) in [6.07, 6.45) is 0.152. The van der Waals surface area contributed by atoms with E-state index in [1.54, 1.807) is 0 Å². The minimum absolute atomic E-state index is 0.0101. The first kappa shape index (κ1) is 15.0. The molecule has 0 saturated heterocycles. The molecule has 0 aliphatic rings. The molecule has 0 spiro atoms. The molecule has 0 atom stereocenters. The molecule has 0 N–H and O–H groups in total. The van der Waals surface area contributed by atoms with Gasteiger partial charge in [-0.15, -0.1) is 0 Å². The number of carbonyl (C=O) groups excluding carboxylic acids is 1. The van der Waals surface area contributed by atoms with E-state index in [0.717, 1.165) is 11.1 Å². The van der Waals surface area contributed by atoms with E-state index in [-0.39, 0.29) is 23.5 Å². The first-order chi connectivity index (χ1) is 10.1. The topological polar surface area (TPSA) is 35.5 Å². The molecular weight excluding hydrogens is 271 g/mol. The van der Waals surface area contributed by atoms with E-state index in [1.165, 1.54) is 26.4 Å². The number of methoxy groups -OCH3 is 2. The van der Waals surface area contributed by atoms with Crippen molar-refractivity contribution in [2.24, 2.45) is 0 Å². The van der Waals surface area contributed by atoms with Gasteiger partial charge in [-0.25, -0.2) is 4.39 Å². The van der Waals surface area contributed by atoms with Crippen LogP contribution in [-0.4, -0.2) is 20.0 Å². The average molecular weight is 288 g/mol. The summed E-state index contributed by atoms with van der Waals surface area (Å²) in [5, 5.41) is 0. The van der Waals surface area contributed by atoms with Gasteiger partial charge in [-0.3, -0.25) is 4.79 Å². The third-order valence-corrected chi connectivity index (χ3v) is 3.39. The van der Waals surface area contributed by atoms with Gasteiger partial charge in [0.15, 0.2) is 17.3 Å². The highest BCUT2D eigenvalue weighted by Crippen LogP contribution is 2.30. The average Bonchev–Trinajstić information content (AvgIpc) is 2.49. The molecule has 0 aromatic heterocycles. The Labute approximate surface area is 123 Å². The molecule has 0 radical (unpaired) electrons. The summed E-state index contributed by atoms with van der Waals surface area (Å²) in [6.45, 7) is 1.92. The zero-order valence-corrected chi connectivity index (χ0v) is 12.3. The van der Waals surface area contributed by atoms with Crippen LogP contribution in [0.25, 0.3) is 0 Å². The summed E-state index contributed by atoms with van der Waals surface area (Å²) < 4.78 is 24.2. The van der Waals surface area contributed by atoms with Crippen LogP contribution in [-0.2, 0) is 6.42 Å². The minimum Gasteiger partial charge on any atom is -0.493 e. The Kier molecular flexibility index (Phi) is 4.58. The number of rotatable bonds is 5. The van der Waals surface area contributed by atoms with Crippen molar-refractivity contribution in [3.8, 4) is 11.5 Å². The molecule has 0 bridgehead atoms. The Morgan fingerprint density at radius 3 is 2.33 bits per heavy atom. The van der Waals surface area contributed by atoms with Gasteiger partial charge in [0.05, 0.1) is 19.8 Å². The predicted octanol–water partition coefficient (Wildman–Crippen LogP) is 3.58. The molecular formula is C17H17FO3. The smallest absolute Gasteiger partial charge is 0.170 e. The molecule has 3 nitrogen and oxygen atoms in total. The number of ketones is 1. The van der Waals surface area contributed by atoms with Crippen LogP contribution in [0.1, 0.15) is 21.5 Å². The van der Waals surface area contributed by atoms with E-state index in [0.29, 0.717) is 5.75 Å². The molecule has 0 unspecified atom stereocenters. The first-order valence-electron chi connectivity index (χ1n) is 6.56. The number of hydrogen-bond donors (Lipinski definition) is 0. The Morgan fingerprint density at radius 1 is 1.10 bits per heavy atom. The Morgan fingerprint density at radius 2 is 1.71 bits per heavy atom. The number of ether oxygens (including phenoxy) is 2. The maximum atomic E-state index is 14.1. The summed E-state index contributed by atoms with van der Waals surface area (Å²) in [5.74, 6) is -0.288. The highest BCUT2D eigenvalue weighted by molar-refractivity contribution is 5.98. The largest absolute Gasteiger partial charge is 0.493 e. The Balaban J connectivity index is 2.33. The zero-order chi connectivity index (χ0) is 15.4. The van der Waals surface area contributed by atoms with Gasteiger partial charge in [0.25, 0.3) is 0 Å². The van der Waals surface area contributed by atoms with E-state index in [1.807, 2.05) is 31.2 Å². The predicted molar refractivity (Wildman–Crippen MR) is 78.7 cm³/mol. The number of hydrogen-bond acceptors (Lipinski definition) is 3. The lowest BCUT2D eigenvalue weighted by Gasteiger charge is -2.11. The fraction of sp³-hybridized carbons (Fsp3) is 0.235. The molecule has 0 fully saturated rings. The molecule has 0 saturated carbocycles. The van der Waals surface area contributed by atoms with E-state index in [4.69, 9.17) is 9.47 Å². The van der Waals surface area contributed by atoms with Gasteiger partial charge in [-0.05, 0) is 24.1 Å². The monoisotopic (exact) mass is 288 g/mol. The van der Waals surface area contributed by atoms with Crippen LogP contribution in [0.5, 0.6) is 11.5 Å². The van der Waals surface area contributed by atoms with Gasteiger partial charge in [-0.2, -0.15) is 0 Å². The molecule has 0 aliphatic carbocycles. The lowest BCUT2D eigenvalue weighted by molar-refractivity contribution is 0.0988. The molecule has 2 aromatic carbocycles. The van der Waals surface area contributed by atoms with Crippen molar-refractivity contribution in [3.63, 3.8) is 0 Å². The van der Waals surface area contributed by atoms with E-state index >= 15 is 0 Å². The number of carbonyl (C=O) groups is 1. The van der Waals surface area contributed by atoms with Crippen molar-refractivity contribution < 1.29 is 18.7 Å². The summed E-state index contributed by atoms with van der Waals surface area (Å²) in [6, 6.07) is 10.1. The highest BCUT2D eigenvalue weighted by atomic mass is 19.1. The van der Waals surface area contributed by atoms with Crippen LogP contribution in [0.4, 0.5) is 4.39 Å². The molecule has 2 aromatic rings. The van der Waals surface area contributed by atoms with Crippen LogP contribution in [0.15, 0.2) is 36.4 Å². The second-order valence-corrected chi connectivity index (χ2v) is 4.71. The second-order valence-electron chi connectivity index (χ2n) is 4.71. The van der Waals surface area contributed by atoms with Crippen molar-refractivity contribution in [1.29, 1.82) is 0 Å². The van der Waals surface area contributed by atoms with Gasteiger partial charge < -0.3 is 9.47 Å². The van der Waals surface area contributed by atoms with Crippen LogP contribution < -0.4 is 9.47 Å². The zero-order valence-electron chi connectivity index (χ0n) is 12.3. The summed E-state index contributed by atoms with van der Waals surface area (Å²) in [7, 11) is 2.87. The molecule has 0 amide bonds. The van der Waals surface area contributed by atoms with Crippen LogP contribution in [0.3, 0.4) is 0 Å². The van der Waals surface area contributed by atoms with Gasteiger partial charge in [0.1, 0.15) is 5.82 Å². The summed E-state index contributed by atoms with van der Waals surface area (Å²) in [4.78, 5) is 12.3. The number of aryl methyl sites for hydroxylation is 1. The molecule has 21 heavy (non-hydrogen) atoms. The summed E-state index contributed by atoms with van der Waals surface area (Å²) in [5.41, 5.74) is 1.90. The lowest BCUT2D eigenvalue weighted by Crippen LogP contribution is -2.08. The molecule has 2 rings (SSSR count). The first-order valence-corrected chi connectivity index (χ1v) is 6.56. The molecule has 0 heterocycles. The second kappa shape index (κ2) is 6.39. The molecule has 4 heteroatoms. The van der Waals surface area contributed by atoms with Gasteiger partial charge >= 0.3 is 0 Å². The fourth-order valence-corrected chi connectivity index (χ4v) is 2.14. The normalized spacial score (nSPS) is 10.3. The van der Waals surface area contributed by atoms with Gasteiger partial charge in [0.2, 0.25) is 0 Å². The van der Waals surface area contributed by atoms with Crippen LogP contribution >= 0.6 is 0 Å². The SMILES string of the molecule is COc1cc(F)c(C(=O)Cc2ccccc2C)cc1OC. The van der Waals surface area contributed by atoms with Crippen LogP contribution in [0.2, 0.25) is 0 Å². The maximum absolute atomic E-state index is 14.1. The molecule has 0 aliphatic heterocycles. The minimum atomic E-state index is -0.605. The molecule has 110 valence electrons. The Bertz CT molecular complexity index is 665. The van der Waals surface area contributed by atoms with E-state index in [2.05, 4.69) is 0 Å². The van der Waals surface area contributed by atoms with Crippen molar-refractivity contribution in [3.05, 3.63) is 58.9 Å². The van der Waals surface area contributed by atoms with Crippen molar-refractivity contribution >= 4 is 5.78 Å². The third kappa shape index (κ3) is 3.21. The Hall–Kier alpha value is -2.36. The van der Waals surface area contributed by atoms with E-state index < -0.39 is 5.82 Å². The van der Waals surface area contributed by atoms with E-state index in [9.17, 15) is 9.18 Å². The lowest BCUT2D eigenvalue weighted by atomic mass is 9.99. The third-order valence-electron chi connectivity index (χ3n) is 3.39. The number of halogens is 1. The van der Waals surface area contributed by atoms with Crippen LogP contribution in [0, 0.1) is 12.7 Å². The van der Waals surface area contributed by atoms with Crippen molar-refractivity contribution in [2.75, 3.05) is 14.2 Å². The van der Waals surface area contributed by atoms with Crippen molar-refractivity contribution in [2.45, 2.75) is 13.3 Å². The summed E-state index contributed by atoms with van der Waals surface area (Å²) >= 11 is 0. The van der Waals surface area contributed by atoms with Gasteiger partial charge in [0, 0.05) is 12.5 Å². The maximum Gasteiger partial charge on any atom is 0.170 e. The number of Topliss-reactive ketones (excluding diaryl/α,β-unsaturated/α-hetero) is 1. The number of benzene rings is 2. The highest BCUT2D eigenvalue weighted by Gasteiger charge is 2.17. The van der Waals surface area contributed by atoms with Gasteiger partial charge in [-0.1, -0.05) is 24.3 Å². The van der Waals surface area contributed by atoms with Crippen molar-refractivity contribution in [1.82, 2.24) is 0 Å².